The van der Waals surface area contributed by atoms with Gasteiger partial charge in [-0.05, 0) is 42.7 Å². The van der Waals surface area contributed by atoms with Crippen molar-refractivity contribution in [1.82, 2.24) is 0 Å². The second-order valence-corrected chi connectivity index (χ2v) is 7.10. The van der Waals surface area contributed by atoms with Crippen molar-refractivity contribution in [3.63, 3.8) is 0 Å². The molecule has 5 nitrogen and oxygen atoms in total. The lowest BCUT2D eigenvalue weighted by Gasteiger charge is -2.15. The summed E-state index contributed by atoms with van der Waals surface area (Å²) in [6.07, 6.45) is -0.00805. The molecule has 0 amide bonds. The quantitative estimate of drug-likeness (QED) is 0.350. The summed E-state index contributed by atoms with van der Waals surface area (Å²) in [5, 5.41) is 0. The van der Waals surface area contributed by atoms with Gasteiger partial charge in [0.15, 0.2) is 17.6 Å². The van der Waals surface area contributed by atoms with E-state index in [2.05, 4.69) is 0 Å². The Labute approximate surface area is 182 Å². The zero-order valence-electron chi connectivity index (χ0n) is 18.0. The highest BCUT2D eigenvalue weighted by molar-refractivity contribution is 6.01. The van der Waals surface area contributed by atoms with Crippen LogP contribution >= 0.6 is 0 Å². The minimum absolute atomic E-state index is 0.245. The molecule has 0 aliphatic rings. The van der Waals surface area contributed by atoms with Crippen LogP contribution in [0.4, 0.5) is 0 Å². The Morgan fingerprint density at radius 3 is 2.16 bits per heavy atom. The summed E-state index contributed by atoms with van der Waals surface area (Å²) in [6, 6.07) is 21.9. The number of ketones is 1. The Bertz CT molecular complexity index is 1030. The fourth-order valence-electron chi connectivity index (χ4n) is 3.07. The van der Waals surface area contributed by atoms with E-state index in [1.54, 1.807) is 37.3 Å². The smallest absolute Gasteiger partial charge is 0.338 e. The van der Waals surface area contributed by atoms with Crippen molar-refractivity contribution in [2.75, 3.05) is 7.11 Å². The van der Waals surface area contributed by atoms with Crippen LogP contribution in [-0.4, -0.2) is 25.0 Å². The Balaban J connectivity index is 1.65. The number of hydrogen-bond acceptors (Lipinski definition) is 5. The highest BCUT2D eigenvalue weighted by Gasteiger charge is 2.21. The van der Waals surface area contributed by atoms with Gasteiger partial charge >= 0.3 is 5.97 Å². The van der Waals surface area contributed by atoms with Gasteiger partial charge in [-0.2, -0.15) is 0 Å². The molecule has 31 heavy (non-hydrogen) atoms. The topological polar surface area (TPSA) is 61.8 Å². The van der Waals surface area contributed by atoms with Gasteiger partial charge in [0, 0.05) is 5.56 Å². The maximum atomic E-state index is 12.6. The molecular weight excluding hydrogens is 392 g/mol. The number of carbonyl (C=O) groups excluding carboxylic acids is 2. The first-order valence-electron chi connectivity index (χ1n) is 10.2. The summed E-state index contributed by atoms with van der Waals surface area (Å²) < 4.78 is 16.6. The molecule has 0 unspecified atom stereocenters. The van der Waals surface area contributed by atoms with E-state index in [0.717, 1.165) is 17.5 Å². The minimum atomic E-state index is -0.903. The van der Waals surface area contributed by atoms with Crippen molar-refractivity contribution in [2.24, 2.45) is 0 Å². The van der Waals surface area contributed by atoms with Gasteiger partial charge < -0.3 is 14.2 Å². The van der Waals surface area contributed by atoms with E-state index in [9.17, 15) is 9.59 Å². The van der Waals surface area contributed by atoms with Crippen LogP contribution in [0.15, 0.2) is 72.8 Å². The van der Waals surface area contributed by atoms with Gasteiger partial charge in [-0.1, -0.05) is 61.5 Å². The van der Waals surface area contributed by atoms with Crippen molar-refractivity contribution < 1.29 is 23.8 Å². The van der Waals surface area contributed by atoms with Gasteiger partial charge in [-0.3, -0.25) is 4.79 Å². The first-order valence-corrected chi connectivity index (χ1v) is 10.2. The summed E-state index contributed by atoms with van der Waals surface area (Å²) in [5.41, 5.74) is 2.96. The largest absolute Gasteiger partial charge is 0.493 e. The van der Waals surface area contributed by atoms with E-state index >= 15 is 0 Å². The van der Waals surface area contributed by atoms with Crippen LogP contribution in [0.25, 0.3) is 0 Å². The summed E-state index contributed by atoms with van der Waals surface area (Å²) in [7, 11) is 1.51. The first kappa shape index (κ1) is 22.1. The Kier molecular flexibility index (Phi) is 7.44. The molecule has 3 aromatic carbocycles. The molecule has 0 bridgehead atoms. The molecule has 0 N–H and O–H groups in total. The molecule has 0 aliphatic carbocycles. The number of benzene rings is 3. The molecule has 0 aliphatic heterocycles. The van der Waals surface area contributed by atoms with Crippen LogP contribution in [0.1, 0.15) is 45.7 Å². The van der Waals surface area contributed by atoms with Crippen LogP contribution < -0.4 is 9.47 Å². The first-order chi connectivity index (χ1) is 15.0. The van der Waals surface area contributed by atoms with Gasteiger partial charge in [0.25, 0.3) is 0 Å². The SMILES string of the molecule is CCc1ccc(C(=O)[C@H](C)OC(=O)c2ccc(OCc3ccccc3)c(OC)c2)cc1. The van der Waals surface area contributed by atoms with Crippen LogP contribution in [0.2, 0.25) is 0 Å². The predicted molar refractivity (Wildman–Crippen MR) is 119 cm³/mol. The molecular formula is C26H26O5. The van der Waals surface area contributed by atoms with Crippen LogP contribution in [0.5, 0.6) is 11.5 Å². The van der Waals surface area contributed by atoms with Crippen molar-refractivity contribution in [3.8, 4) is 11.5 Å². The molecule has 160 valence electrons. The number of carbonyl (C=O) groups is 2. The predicted octanol–water partition coefficient (Wildman–Crippen LogP) is 5.26. The number of Topliss-reactive ketones (excluding diaryl/α,β-unsaturated/α-hetero) is 1. The van der Waals surface area contributed by atoms with Gasteiger partial charge in [0.1, 0.15) is 6.61 Å². The number of rotatable bonds is 9. The van der Waals surface area contributed by atoms with E-state index in [1.807, 2.05) is 49.4 Å². The number of ether oxygens (including phenoxy) is 3. The zero-order chi connectivity index (χ0) is 22.2. The van der Waals surface area contributed by atoms with Crippen LogP contribution in [0, 0.1) is 0 Å². The summed E-state index contributed by atoms with van der Waals surface area (Å²) >= 11 is 0. The molecule has 0 spiro atoms. The average molecular weight is 418 g/mol. The number of esters is 1. The molecule has 3 aromatic rings. The van der Waals surface area contributed by atoms with Crippen molar-refractivity contribution in [1.29, 1.82) is 0 Å². The van der Waals surface area contributed by atoms with E-state index in [-0.39, 0.29) is 11.3 Å². The van der Waals surface area contributed by atoms with Gasteiger partial charge in [0.2, 0.25) is 5.78 Å². The molecule has 1 atom stereocenters. The number of hydrogen-bond donors (Lipinski definition) is 0. The Morgan fingerprint density at radius 2 is 1.52 bits per heavy atom. The second-order valence-electron chi connectivity index (χ2n) is 7.10. The third-order valence-corrected chi connectivity index (χ3v) is 4.94. The molecule has 0 saturated heterocycles. The Hall–Kier alpha value is -3.60. The summed E-state index contributed by atoms with van der Waals surface area (Å²) in [6.45, 7) is 4.00. The molecule has 0 aromatic heterocycles. The normalized spacial score (nSPS) is 11.5. The van der Waals surface area contributed by atoms with Gasteiger partial charge in [-0.25, -0.2) is 4.79 Å². The third kappa shape index (κ3) is 5.72. The molecule has 0 fully saturated rings. The van der Waals surface area contributed by atoms with Gasteiger partial charge in [-0.15, -0.1) is 0 Å². The van der Waals surface area contributed by atoms with E-state index < -0.39 is 12.1 Å². The lowest BCUT2D eigenvalue weighted by molar-refractivity contribution is 0.0318. The lowest BCUT2D eigenvalue weighted by atomic mass is 10.0. The standard InChI is InChI=1S/C26H26O5/c1-4-19-10-12-21(13-11-19)25(27)18(2)31-26(28)22-14-15-23(24(16-22)29-3)30-17-20-8-6-5-7-9-20/h5-16,18H,4,17H2,1-3H3/t18-/m0/s1. The van der Waals surface area contributed by atoms with E-state index in [1.165, 1.54) is 7.11 Å². The van der Waals surface area contributed by atoms with Crippen LogP contribution in [-0.2, 0) is 17.8 Å². The summed E-state index contributed by atoms with van der Waals surface area (Å²) in [4.78, 5) is 25.2. The second kappa shape index (κ2) is 10.4. The lowest BCUT2D eigenvalue weighted by Crippen LogP contribution is -2.24. The molecule has 3 rings (SSSR count). The summed E-state index contributed by atoms with van der Waals surface area (Å²) in [5.74, 6) is 0.0901. The maximum Gasteiger partial charge on any atom is 0.338 e. The fourth-order valence-corrected chi connectivity index (χ4v) is 3.07. The molecule has 5 heteroatoms. The maximum absolute atomic E-state index is 12.6. The molecule has 0 radical (unpaired) electrons. The highest BCUT2D eigenvalue weighted by Crippen LogP contribution is 2.29. The average Bonchev–Trinajstić information content (AvgIpc) is 2.82. The van der Waals surface area contributed by atoms with Crippen molar-refractivity contribution >= 4 is 11.8 Å². The third-order valence-electron chi connectivity index (χ3n) is 4.94. The zero-order valence-corrected chi connectivity index (χ0v) is 18.0. The number of methoxy groups -OCH3 is 1. The highest BCUT2D eigenvalue weighted by atomic mass is 16.5. The fraction of sp³-hybridized carbons (Fsp3) is 0.231. The van der Waals surface area contributed by atoms with Crippen molar-refractivity contribution in [2.45, 2.75) is 33.0 Å². The monoisotopic (exact) mass is 418 g/mol. The van der Waals surface area contributed by atoms with Gasteiger partial charge in [0.05, 0.1) is 12.7 Å². The Morgan fingerprint density at radius 1 is 0.839 bits per heavy atom. The van der Waals surface area contributed by atoms with E-state index in [0.29, 0.717) is 23.7 Å². The van der Waals surface area contributed by atoms with E-state index in [4.69, 9.17) is 14.2 Å². The van der Waals surface area contributed by atoms with Crippen molar-refractivity contribution in [3.05, 3.63) is 95.1 Å². The number of aryl methyl sites for hydroxylation is 1. The molecule has 0 saturated carbocycles. The minimum Gasteiger partial charge on any atom is -0.493 e. The molecule has 0 heterocycles. The van der Waals surface area contributed by atoms with Crippen LogP contribution in [0.3, 0.4) is 0 Å².